The molecule has 37 heavy (non-hydrogen) atoms. The van der Waals surface area contributed by atoms with Crippen molar-refractivity contribution in [2.45, 2.75) is 12.1 Å². The van der Waals surface area contributed by atoms with Crippen molar-refractivity contribution in [1.82, 2.24) is 24.4 Å². The summed E-state index contributed by atoms with van der Waals surface area (Å²) in [4.78, 5) is 10.9. The number of ether oxygens (including phenoxy) is 1. The van der Waals surface area contributed by atoms with Gasteiger partial charge in [-0.05, 0) is 28.8 Å². The first kappa shape index (κ1) is 23.7. The minimum absolute atomic E-state index is 0.103. The minimum atomic E-state index is -0.103. The number of fused-ring (bicyclic) bond motifs is 1. The van der Waals surface area contributed by atoms with Gasteiger partial charge in [0.25, 0.3) is 0 Å². The van der Waals surface area contributed by atoms with E-state index in [2.05, 4.69) is 92.7 Å². The van der Waals surface area contributed by atoms with Gasteiger partial charge in [-0.15, -0.1) is 0 Å². The summed E-state index contributed by atoms with van der Waals surface area (Å²) in [6.45, 7) is 3.53. The number of benzene rings is 3. The summed E-state index contributed by atoms with van der Waals surface area (Å²) in [6.07, 6.45) is 1.48. The van der Waals surface area contributed by atoms with Gasteiger partial charge in [0.15, 0.2) is 0 Å². The molecule has 1 aliphatic rings. The number of piperazine rings is 1. The van der Waals surface area contributed by atoms with Gasteiger partial charge in [-0.2, -0.15) is 9.61 Å². The van der Waals surface area contributed by atoms with Crippen LogP contribution < -0.4 is 4.74 Å². The van der Waals surface area contributed by atoms with E-state index in [4.69, 9.17) is 4.74 Å². The van der Waals surface area contributed by atoms with Crippen LogP contribution in [0.2, 0.25) is 0 Å². The smallest absolute Gasteiger partial charge is 0.230 e. The van der Waals surface area contributed by atoms with Crippen molar-refractivity contribution < 1.29 is 9.84 Å². The van der Waals surface area contributed by atoms with E-state index in [1.807, 2.05) is 12.1 Å². The van der Waals surface area contributed by atoms with Crippen molar-refractivity contribution >= 4 is 16.3 Å². The molecule has 3 aromatic carbocycles. The lowest BCUT2D eigenvalue weighted by atomic mass is 9.96. The third-order valence-electron chi connectivity index (χ3n) is 7.13. The second kappa shape index (κ2) is 10.3. The van der Waals surface area contributed by atoms with E-state index >= 15 is 0 Å². The Hall–Kier alpha value is -3.72. The van der Waals surface area contributed by atoms with Crippen LogP contribution in [0.1, 0.15) is 33.7 Å². The number of hydrogen-bond acceptors (Lipinski definition) is 7. The van der Waals surface area contributed by atoms with E-state index in [9.17, 15) is 5.11 Å². The highest BCUT2D eigenvalue weighted by Crippen LogP contribution is 2.41. The minimum Gasteiger partial charge on any atom is -0.497 e. The Bertz CT molecular complexity index is 1410. The Morgan fingerprint density at radius 3 is 1.84 bits per heavy atom. The van der Waals surface area contributed by atoms with Crippen molar-refractivity contribution in [2.75, 3.05) is 33.3 Å². The fraction of sp³-hybridized carbons (Fsp3) is 0.241. The molecule has 6 rings (SSSR count). The molecule has 5 aromatic rings. The SMILES string of the molecule is COc1ccc([C@H](c2sc3ncnn3c2O)N2CCN(C(c3ccccc3)c3ccccc3)CC2)cc1. The van der Waals surface area contributed by atoms with Crippen LogP contribution in [0.25, 0.3) is 4.96 Å². The van der Waals surface area contributed by atoms with E-state index in [1.165, 1.54) is 33.3 Å². The lowest BCUT2D eigenvalue weighted by molar-refractivity contribution is 0.0899. The number of aromatic hydroxyl groups is 1. The highest BCUT2D eigenvalue weighted by Gasteiger charge is 2.33. The van der Waals surface area contributed by atoms with Gasteiger partial charge in [-0.1, -0.05) is 84.1 Å². The quantitative estimate of drug-likeness (QED) is 0.332. The van der Waals surface area contributed by atoms with Crippen LogP contribution in [-0.4, -0.2) is 62.8 Å². The molecule has 1 fully saturated rings. The van der Waals surface area contributed by atoms with Crippen LogP contribution in [-0.2, 0) is 0 Å². The zero-order valence-corrected chi connectivity index (χ0v) is 21.5. The molecule has 1 saturated heterocycles. The van der Waals surface area contributed by atoms with E-state index in [0.717, 1.165) is 42.4 Å². The van der Waals surface area contributed by atoms with Crippen molar-refractivity contribution in [3.63, 3.8) is 0 Å². The molecule has 0 aliphatic carbocycles. The zero-order chi connectivity index (χ0) is 25.2. The monoisotopic (exact) mass is 511 g/mol. The van der Waals surface area contributed by atoms with Crippen LogP contribution in [0, 0.1) is 0 Å². The van der Waals surface area contributed by atoms with Crippen LogP contribution in [0.5, 0.6) is 11.6 Å². The van der Waals surface area contributed by atoms with E-state index in [1.54, 1.807) is 7.11 Å². The average molecular weight is 512 g/mol. The second-order valence-corrected chi connectivity index (χ2v) is 10.2. The van der Waals surface area contributed by atoms with Gasteiger partial charge >= 0.3 is 0 Å². The maximum absolute atomic E-state index is 11.1. The van der Waals surface area contributed by atoms with Crippen LogP contribution in [0.15, 0.2) is 91.3 Å². The van der Waals surface area contributed by atoms with Crippen LogP contribution in [0.3, 0.4) is 0 Å². The van der Waals surface area contributed by atoms with E-state index in [0.29, 0.717) is 4.96 Å². The molecule has 3 heterocycles. The number of methoxy groups -OCH3 is 1. The lowest BCUT2D eigenvalue weighted by Crippen LogP contribution is -2.49. The van der Waals surface area contributed by atoms with E-state index < -0.39 is 0 Å². The topological polar surface area (TPSA) is 66.1 Å². The average Bonchev–Trinajstić information content (AvgIpc) is 3.54. The third-order valence-corrected chi connectivity index (χ3v) is 8.22. The molecular weight excluding hydrogens is 482 g/mol. The molecular formula is C29H29N5O2S. The van der Waals surface area contributed by atoms with Gasteiger partial charge in [-0.3, -0.25) is 9.80 Å². The highest BCUT2D eigenvalue weighted by molar-refractivity contribution is 7.17. The summed E-state index contributed by atoms with van der Waals surface area (Å²) < 4.78 is 6.91. The van der Waals surface area contributed by atoms with Gasteiger partial charge in [0.2, 0.25) is 10.8 Å². The number of aromatic nitrogens is 3. The summed E-state index contributed by atoms with van der Waals surface area (Å²) >= 11 is 1.49. The zero-order valence-electron chi connectivity index (χ0n) is 20.6. The Morgan fingerprint density at radius 2 is 1.30 bits per heavy atom. The summed E-state index contributed by atoms with van der Waals surface area (Å²) in [6, 6.07) is 29.7. The first-order valence-electron chi connectivity index (χ1n) is 12.5. The lowest BCUT2D eigenvalue weighted by Gasteiger charge is -2.42. The Morgan fingerprint density at radius 1 is 0.757 bits per heavy atom. The van der Waals surface area contributed by atoms with E-state index in [-0.39, 0.29) is 18.0 Å². The molecule has 0 radical (unpaired) electrons. The van der Waals surface area contributed by atoms with Crippen LogP contribution in [0.4, 0.5) is 0 Å². The van der Waals surface area contributed by atoms with Gasteiger partial charge in [0.05, 0.1) is 24.1 Å². The molecule has 1 N–H and O–H groups in total. The molecule has 8 heteroatoms. The fourth-order valence-corrected chi connectivity index (χ4v) is 6.42. The molecule has 0 unspecified atom stereocenters. The summed E-state index contributed by atoms with van der Waals surface area (Å²) in [5, 5.41) is 15.3. The Kier molecular flexibility index (Phi) is 6.61. The Balaban J connectivity index is 1.31. The number of hydrogen-bond donors (Lipinski definition) is 1. The molecule has 0 amide bonds. The molecule has 1 aliphatic heterocycles. The van der Waals surface area contributed by atoms with Gasteiger partial charge in [0, 0.05) is 26.2 Å². The van der Waals surface area contributed by atoms with Gasteiger partial charge in [0.1, 0.15) is 12.1 Å². The third kappa shape index (κ3) is 4.59. The summed E-state index contributed by atoms with van der Waals surface area (Å²) in [5.41, 5.74) is 3.71. The highest BCUT2D eigenvalue weighted by atomic mass is 32.1. The number of thiazole rings is 1. The molecule has 188 valence electrons. The van der Waals surface area contributed by atoms with Crippen molar-refractivity contribution in [3.05, 3.63) is 113 Å². The van der Waals surface area contributed by atoms with Gasteiger partial charge in [-0.25, -0.2) is 4.98 Å². The molecule has 7 nitrogen and oxygen atoms in total. The predicted molar refractivity (Wildman–Crippen MR) is 145 cm³/mol. The summed E-state index contributed by atoms with van der Waals surface area (Å²) in [5.74, 6) is 0.972. The van der Waals surface area contributed by atoms with Crippen molar-refractivity contribution in [1.29, 1.82) is 0 Å². The normalized spacial score (nSPS) is 15.8. The molecule has 0 spiro atoms. The number of rotatable bonds is 7. The Labute approximate surface area is 220 Å². The summed E-state index contributed by atoms with van der Waals surface area (Å²) in [7, 11) is 1.67. The van der Waals surface area contributed by atoms with Crippen LogP contribution >= 0.6 is 11.3 Å². The number of nitrogens with zero attached hydrogens (tertiary/aromatic N) is 5. The predicted octanol–water partition coefficient (Wildman–Crippen LogP) is 5.00. The first-order valence-corrected chi connectivity index (χ1v) is 13.3. The fourth-order valence-electron chi connectivity index (χ4n) is 5.33. The van der Waals surface area contributed by atoms with Crippen molar-refractivity contribution in [2.24, 2.45) is 0 Å². The molecule has 1 atom stereocenters. The molecule has 2 aromatic heterocycles. The second-order valence-electron chi connectivity index (χ2n) is 9.22. The standard InChI is InChI=1S/C29H29N5O2S/c1-36-24-14-12-23(13-15-24)26(27-28(35)34-29(37-27)30-20-31-34)33-18-16-32(17-19-33)25(21-8-4-2-5-9-21)22-10-6-3-7-11-22/h2-15,20,25-26,35H,16-19H2,1H3/t26-/m1/s1. The largest absolute Gasteiger partial charge is 0.497 e. The van der Waals surface area contributed by atoms with Crippen molar-refractivity contribution in [3.8, 4) is 11.6 Å². The first-order chi connectivity index (χ1) is 18.2. The van der Waals surface area contributed by atoms with Gasteiger partial charge < -0.3 is 9.84 Å². The maximum Gasteiger partial charge on any atom is 0.230 e. The maximum atomic E-state index is 11.1. The molecule has 0 saturated carbocycles. The molecule has 0 bridgehead atoms.